The van der Waals surface area contributed by atoms with Gasteiger partial charge in [-0.05, 0) is 37.8 Å². The molecular formula is C12H24N2O. The number of ether oxygens (including phenoxy) is 1. The summed E-state index contributed by atoms with van der Waals surface area (Å²) in [6.07, 6.45) is 2.80. The molecule has 0 aromatic carbocycles. The lowest BCUT2D eigenvalue weighted by atomic mass is 9.97. The van der Waals surface area contributed by atoms with Crippen LogP contribution in [0.25, 0.3) is 0 Å². The second-order valence-electron chi connectivity index (χ2n) is 5.11. The Balaban J connectivity index is 1.77. The van der Waals surface area contributed by atoms with E-state index in [4.69, 9.17) is 4.74 Å². The maximum absolute atomic E-state index is 5.18. The molecule has 2 unspecified atom stereocenters. The van der Waals surface area contributed by atoms with Crippen molar-refractivity contribution in [2.45, 2.75) is 25.8 Å². The maximum atomic E-state index is 5.18. The molecule has 0 aromatic rings. The van der Waals surface area contributed by atoms with Crippen LogP contribution in [0.4, 0.5) is 0 Å². The van der Waals surface area contributed by atoms with E-state index in [0.717, 1.165) is 31.0 Å². The molecule has 1 N–H and O–H groups in total. The van der Waals surface area contributed by atoms with Crippen LogP contribution in [0.2, 0.25) is 0 Å². The monoisotopic (exact) mass is 212 g/mol. The molecule has 1 saturated heterocycles. The number of nitrogens with zero attached hydrogens (tertiary/aromatic N) is 1. The summed E-state index contributed by atoms with van der Waals surface area (Å²) < 4.78 is 5.18. The fraction of sp³-hybridized carbons (Fsp3) is 1.00. The van der Waals surface area contributed by atoms with Gasteiger partial charge in [-0.25, -0.2) is 0 Å². The molecule has 2 fully saturated rings. The van der Waals surface area contributed by atoms with Crippen LogP contribution in [0, 0.1) is 11.8 Å². The predicted molar refractivity (Wildman–Crippen MR) is 62.0 cm³/mol. The third-order valence-electron chi connectivity index (χ3n) is 3.79. The van der Waals surface area contributed by atoms with Crippen molar-refractivity contribution in [3.05, 3.63) is 0 Å². The highest BCUT2D eigenvalue weighted by Gasteiger charge is 2.32. The lowest BCUT2D eigenvalue weighted by Crippen LogP contribution is -2.36. The molecule has 2 atom stereocenters. The van der Waals surface area contributed by atoms with Crippen molar-refractivity contribution in [2.75, 3.05) is 39.9 Å². The molecule has 1 aliphatic carbocycles. The highest BCUT2D eigenvalue weighted by Crippen LogP contribution is 2.29. The summed E-state index contributed by atoms with van der Waals surface area (Å²) in [5, 5.41) is 3.48. The van der Waals surface area contributed by atoms with E-state index in [1.54, 1.807) is 7.11 Å². The number of hydrogen-bond acceptors (Lipinski definition) is 3. The molecule has 0 amide bonds. The number of methoxy groups -OCH3 is 1. The fourth-order valence-corrected chi connectivity index (χ4v) is 2.48. The van der Waals surface area contributed by atoms with Crippen molar-refractivity contribution in [2.24, 2.45) is 11.8 Å². The van der Waals surface area contributed by atoms with Gasteiger partial charge in [0.25, 0.3) is 0 Å². The van der Waals surface area contributed by atoms with Gasteiger partial charge in [-0.3, -0.25) is 4.90 Å². The van der Waals surface area contributed by atoms with Crippen LogP contribution < -0.4 is 5.32 Å². The molecule has 1 saturated carbocycles. The Hall–Kier alpha value is -0.120. The van der Waals surface area contributed by atoms with Gasteiger partial charge in [-0.1, -0.05) is 6.92 Å². The zero-order chi connectivity index (χ0) is 10.7. The first-order chi connectivity index (χ1) is 7.31. The largest absolute Gasteiger partial charge is 0.383 e. The Kier molecular flexibility index (Phi) is 4.00. The highest BCUT2D eigenvalue weighted by atomic mass is 16.5. The topological polar surface area (TPSA) is 24.5 Å². The van der Waals surface area contributed by atoms with Gasteiger partial charge in [0.1, 0.15) is 0 Å². The van der Waals surface area contributed by atoms with E-state index in [9.17, 15) is 0 Å². The van der Waals surface area contributed by atoms with Crippen molar-refractivity contribution in [1.29, 1.82) is 0 Å². The lowest BCUT2D eigenvalue weighted by molar-refractivity contribution is 0.128. The van der Waals surface area contributed by atoms with Gasteiger partial charge in [0.05, 0.1) is 6.61 Å². The Labute approximate surface area is 93.2 Å². The molecule has 88 valence electrons. The quantitative estimate of drug-likeness (QED) is 0.709. The third-order valence-corrected chi connectivity index (χ3v) is 3.79. The van der Waals surface area contributed by atoms with Crippen molar-refractivity contribution in [1.82, 2.24) is 10.2 Å². The summed E-state index contributed by atoms with van der Waals surface area (Å²) in [5.74, 6) is 1.69. The predicted octanol–water partition coefficient (Wildman–Crippen LogP) is 0.953. The molecule has 3 heteroatoms. The van der Waals surface area contributed by atoms with Gasteiger partial charge in [-0.15, -0.1) is 0 Å². The van der Waals surface area contributed by atoms with E-state index in [1.807, 2.05) is 0 Å². The molecule has 2 aliphatic rings. The summed E-state index contributed by atoms with van der Waals surface area (Å²) >= 11 is 0. The van der Waals surface area contributed by atoms with E-state index >= 15 is 0 Å². The maximum Gasteiger partial charge on any atom is 0.0589 e. The van der Waals surface area contributed by atoms with Crippen LogP contribution in [-0.2, 0) is 4.74 Å². The Bertz CT molecular complexity index is 194. The van der Waals surface area contributed by atoms with E-state index in [2.05, 4.69) is 17.1 Å². The molecule has 0 spiro atoms. The molecular weight excluding hydrogens is 188 g/mol. The van der Waals surface area contributed by atoms with E-state index in [1.165, 1.54) is 32.5 Å². The van der Waals surface area contributed by atoms with Gasteiger partial charge in [0, 0.05) is 26.2 Å². The molecule has 2 rings (SSSR count). The van der Waals surface area contributed by atoms with Gasteiger partial charge >= 0.3 is 0 Å². The van der Waals surface area contributed by atoms with Gasteiger partial charge < -0.3 is 10.1 Å². The molecule has 1 aliphatic heterocycles. The Morgan fingerprint density at radius 1 is 1.33 bits per heavy atom. The standard InChI is InChI=1S/C12H24N2O/c1-10-7-13-8-11(10)9-14(5-6-15-2)12-3-4-12/h10-13H,3-9H2,1-2H3. The lowest BCUT2D eigenvalue weighted by Gasteiger charge is -2.26. The van der Waals surface area contributed by atoms with E-state index in [-0.39, 0.29) is 0 Å². The smallest absolute Gasteiger partial charge is 0.0589 e. The van der Waals surface area contributed by atoms with Crippen LogP contribution >= 0.6 is 0 Å². The summed E-state index contributed by atoms with van der Waals surface area (Å²) in [6, 6.07) is 0.868. The Morgan fingerprint density at radius 2 is 2.13 bits per heavy atom. The van der Waals surface area contributed by atoms with Crippen LogP contribution in [0.3, 0.4) is 0 Å². The first-order valence-corrected chi connectivity index (χ1v) is 6.25. The summed E-state index contributed by atoms with van der Waals surface area (Å²) in [4.78, 5) is 2.64. The fourth-order valence-electron chi connectivity index (χ4n) is 2.48. The highest BCUT2D eigenvalue weighted by molar-refractivity contribution is 4.88. The number of nitrogens with one attached hydrogen (secondary N) is 1. The van der Waals surface area contributed by atoms with Crippen molar-refractivity contribution >= 4 is 0 Å². The van der Waals surface area contributed by atoms with Crippen molar-refractivity contribution in [3.63, 3.8) is 0 Å². The Morgan fingerprint density at radius 3 is 2.67 bits per heavy atom. The average molecular weight is 212 g/mol. The van der Waals surface area contributed by atoms with Crippen LogP contribution in [0.5, 0.6) is 0 Å². The number of hydrogen-bond donors (Lipinski definition) is 1. The van der Waals surface area contributed by atoms with Gasteiger partial charge in [-0.2, -0.15) is 0 Å². The van der Waals surface area contributed by atoms with Gasteiger partial charge in [0.2, 0.25) is 0 Å². The molecule has 0 radical (unpaired) electrons. The summed E-state index contributed by atoms with van der Waals surface area (Å²) in [6.45, 7) is 8.04. The van der Waals surface area contributed by atoms with Crippen molar-refractivity contribution < 1.29 is 4.74 Å². The molecule has 0 bridgehead atoms. The zero-order valence-corrected chi connectivity index (χ0v) is 10.0. The molecule has 0 aromatic heterocycles. The summed E-state index contributed by atoms with van der Waals surface area (Å²) in [7, 11) is 1.80. The molecule has 3 nitrogen and oxygen atoms in total. The minimum Gasteiger partial charge on any atom is -0.383 e. The first kappa shape index (κ1) is 11.4. The molecule has 15 heavy (non-hydrogen) atoms. The SMILES string of the molecule is COCCN(CC1CNCC1C)C1CC1. The van der Waals surface area contributed by atoms with Gasteiger partial charge in [0.15, 0.2) is 0 Å². The third kappa shape index (κ3) is 3.16. The number of rotatable bonds is 6. The zero-order valence-electron chi connectivity index (χ0n) is 10.0. The normalized spacial score (nSPS) is 31.4. The van der Waals surface area contributed by atoms with E-state index < -0.39 is 0 Å². The summed E-state index contributed by atoms with van der Waals surface area (Å²) in [5.41, 5.74) is 0. The van der Waals surface area contributed by atoms with Crippen LogP contribution in [0.1, 0.15) is 19.8 Å². The second-order valence-corrected chi connectivity index (χ2v) is 5.11. The first-order valence-electron chi connectivity index (χ1n) is 6.25. The minimum absolute atomic E-state index is 0.841. The molecule has 1 heterocycles. The average Bonchev–Trinajstić information content (AvgIpc) is 2.99. The minimum atomic E-state index is 0.841. The van der Waals surface area contributed by atoms with Crippen LogP contribution in [0.15, 0.2) is 0 Å². The van der Waals surface area contributed by atoms with Crippen LogP contribution in [-0.4, -0.2) is 50.8 Å². The second kappa shape index (κ2) is 5.28. The van der Waals surface area contributed by atoms with E-state index in [0.29, 0.717) is 0 Å². The van der Waals surface area contributed by atoms with Crippen molar-refractivity contribution in [3.8, 4) is 0 Å².